The molecule has 0 saturated carbocycles. The minimum absolute atomic E-state index is 0.245. The van der Waals surface area contributed by atoms with E-state index in [1.54, 1.807) is 25.1 Å². The summed E-state index contributed by atoms with van der Waals surface area (Å²) in [6.45, 7) is 5.44. The van der Waals surface area contributed by atoms with Crippen LogP contribution in [-0.4, -0.2) is 34.7 Å². The molecule has 2 amide bonds. The number of benzene rings is 1. The van der Waals surface area contributed by atoms with Gasteiger partial charge in [-0.25, -0.2) is 4.90 Å². The summed E-state index contributed by atoms with van der Waals surface area (Å²) in [6, 6.07) is 5.56. The number of anilines is 1. The lowest BCUT2D eigenvalue weighted by Gasteiger charge is -2.27. The molecular formula is C18H19NO4. The standard InChI is InChI=1S/C18H19NO4/c1-10-4-5-12(8-11(10)2)19-15(21)13-14(16(19)22)18(9-20)7-6-17(13,3)23-18/h4-8,13-14,20H,9H2,1-3H3/t13-,14+,17-,18+/m1/s1. The van der Waals surface area contributed by atoms with Crippen LogP contribution in [0.15, 0.2) is 30.4 Å². The molecule has 4 rings (SSSR count). The summed E-state index contributed by atoms with van der Waals surface area (Å²) in [4.78, 5) is 27.2. The fourth-order valence-electron chi connectivity index (χ4n) is 4.16. The minimum Gasteiger partial charge on any atom is -0.393 e. The van der Waals surface area contributed by atoms with Gasteiger partial charge in [0.15, 0.2) is 0 Å². The van der Waals surface area contributed by atoms with Gasteiger partial charge in [-0.15, -0.1) is 0 Å². The molecule has 2 bridgehead atoms. The maximum absolute atomic E-state index is 13.0. The normalized spacial score (nSPS) is 37.8. The van der Waals surface area contributed by atoms with Crippen molar-refractivity contribution in [2.45, 2.75) is 32.0 Å². The van der Waals surface area contributed by atoms with Crippen molar-refractivity contribution < 1.29 is 19.4 Å². The van der Waals surface area contributed by atoms with Crippen molar-refractivity contribution in [3.63, 3.8) is 0 Å². The molecule has 2 saturated heterocycles. The van der Waals surface area contributed by atoms with Crippen LogP contribution in [0.4, 0.5) is 5.69 Å². The number of nitrogens with zero attached hydrogens (tertiary/aromatic N) is 1. The van der Waals surface area contributed by atoms with E-state index in [0.29, 0.717) is 5.69 Å². The lowest BCUT2D eigenvalue weighted by atomic mass is 9.73. The molecule has 1 aromatic carbocycles. The Hall–Kier alpha value is -1.98. The summed E-state index contributed by atoms with van der Waals surface area (Å²) >= 11 is 0. The number of carbonyl (C=O) groups excluding carboxylic acids is 2. The third-order valence-corrected chi connectivity index (χ3v) is 5.55. The average Bonchev–Trinajstić information content (AvgIpc) is 3.09. The fraction of sp³-hybridized carbons (Fsp3) is 0.444. The first kappa shape index (κ1) is 14.6. The number of aliphatic hydroxyl groups is 1. The number of aliphatic hydroxyl groups excluding tert-OH is 1. The monoisotopic (exact) mass is 313 g/mol. The molecule has 23 heavy (non-hydrogen) atoms. The van der Waals surface area contributed by atoms with Crippen molar-refractivity contribution in [2.24, 2.45) is 11.8 Å². The van der Waals surface area contributed by atoms with E-state index in [1.165, 1.54) is 4.90 Å². The van der Waals surface area contributed by atoms with E-state index in [2.05, 4.69) is 0 Å². The van der Waals surface area contributed by atoms with Crippen LogP contribution < -0.4 is 4.90 Å². The second kappa shape index (κ2) is 4.30. The molecule has 3 heterocycles. The van der Waals surface area contributed by atoms with Gasteiger partial charge in [-0.05, 0) is 44.0 Å². The molecule has 0 radical (unpaired) electrons. The molecule has 120 valence electrons. The zero-order chi connectivity index (χ0) is 16.6. The van der Waals surface area contributed by atoms with E-state index in [0.717, 1.165) is 11.1 Å². The van der Waals surface area contributed by atoms with Crippen LogP contribution in [0.3, 0.4) is 0 Å². The zero-order valence-electron chi connectivity index (χ0n) is 13.4. The number of fused-ring (bicyclic) bond motifs is 5. The molecule has 0 aliphatic carbocycles. The summed E-state index contributed by atoms with van der Waals surface area (Å²) in [7, 11) is 0. The van der Waals surface area contributed by atoms with Crippen molar-refractivity contribution in [1.82, 2.24) is 0 Å². The highest BCUT2D eigenvalue weighted by Crippen LogP contribution is 2.57. The first-order valence-corrected chi connectivity index (χ1v) is 7.79. The summed E-state index contributed by atoms with van der Waals surface area (Å²) in [6.07, 6.45) is 3.54. The Bertz CT molecular complexity index is 770. The number of imide groups is 1. The molecular weight excluding hydrogens is 294 g/mol. The lowest BCUT2D eigenvalue weighted by molar-refractivity contribution is -0.131. The number of aryl methyl sites for hydroxylation is 2. The third kappa shape index (κ3) is 1.64. The summed E-state index contributed by atoms with van der Waals surface area (Å²) in [5.41, 5.74) is 0.834. The fourth-order valence-corrected chi connectivity index (χ4v) is 4.16. The SMILES string of the molecule is Cc1ccc(N2C(=O)[C@@H]3[C@H](C2=O)[C@@]2(C)C=C[C@@]3(CO)O2)cc1C. The van der Waals surface area contributed by atoms with Gasteiger partial charge in [-0.3, -0.25) is 9.59 Å². The number of amides is 2. The van der Waals surface area contributed by atoms with E-state index in [-0.39, 0.29) is 18.4 Å². The van der Waals surface area contributed by atoms with Crippen LogP contribution in [0.2, 0.25) is 0 Å². The smallest absolute Gasteiger partial charge is 0.241 e. The van der Waals surface area contributed by atoms with Crippen LogP contribution in [0.25, 0.3) is 0 Å². The lowest BCUT2D eigenvalue weighted by Crippen LogP contribution is -2.43. The van der Waals surface area contributed by atoms with Crippen molar-refractivity contribution in [3.8, 4) is 0 Å². The molecule has 5 heteroatoms. The van der Waals surface area contributed by atoms with Crippen molar-refractivity contribution in [2.75, 3.05) is 11.5 Å². The number of carbonyl (C=O) groups is 2. The van der Waals surface area contributed by atoms with Crippen LogP contribution in [0.1, 0.15) is 18.1 Å². The third-order valence-electron chi connectivity index (χ3n) is 5.55. The van der Waals surface area contributed by atoms with Gasteiger partial charge in [0.25, 0.3) is 0 Å². The molecule has 1 aromatic rings. The van der Waals surface area contributed by atoms with E-state index in [9.17, 15) is 14.7 Å². The highest BCUT2D eigenvalue weighted by atomic mass is 16.5. The van der Waals surface area contributed by atoms with E-state index < -0.39 is 23.0 Å². The van der Waals surface area contributed by atoms with Crippen LogP contribution >= 0.6 is 0 Å². The maximum atomic E-state index is 13.0. The Balaban J connectivity index is 1.81. The summed E-state index contributed by atoms with van der Waals surface area (Å²) < 4.78 is 5.90. The second-order valence-corrected chi connectivity index (χ2v) is 6.97. The van der Waals surface area contributed by atoms with E-state index >= 15 is 0 Å². The molecule has 4 atom stereocenters. The van der Waals surface area contributed by atoms with Gasteiger partial charge >= 0.3 is 0 Å². The summed E-state index contributed by atoms with van der Waals surface area (Å²) in [5.74, 6) is -1.76. The molecule has 0 unspecified atom stereocenters. The van der Waals surface area contributed by atoms with Crippen molar-refractivity contribution >= 4 is 17.5 Å². The quantitative estimate of drug-likeness (QED) is 0.664. The molecule has 1 N–H and O–H groups in total. The maximum Gasteiger partial charge on any atom is 0.241 e. The van der Waals surface area contributed by atoms with E-state index in [1.807, 2.05) is 26.0 Å². The second-order valence-electron chi connectivity index (χ2n) is 6.97. The van der Waals surface area contributed by atoms with Gasteiger partial charge in [0.05, 0.1) is 29.7 Å². The highest BCUT2D eigenvalue weighted by molar-refractivity contribution is 6.23. The predicted octanol–water partition coefficient (Wildman–Crippen LogP) is 1.50. The molecule has 0 aromatic heterocycles. The van der Waals surface area contributed by atoms with Gasteiger partial charge < -0.3 is 9.84 Å². The molecule has 5 nitrogen and oxygen atoms in total. The zero-order valence-corrected chi connectivity index (χ0v) is 13.4. The Morgan fingerprint density at radius 1 is 1.13 bits per heavy atom. The van der Waals surface area contributed by atoms with Crippen molar-refractivity contribution in [3.05, 3.63) is 41.5 Å². The predicted molar refractivity (Wildman–Crippen MR) is 83.8 cm³/mol. The van der Waals surface area contributed by atoms with E-state index in [4.69, 9.17) is 4.74 Å². The number of hydrogen-bond acceptors (Lipinski definition) is 4. The Morgan fingerprint density at radius 2 is 1.83 bits per heavy atom. The van der Waals surface area contributed by atoms with Gasteiger partial charge in [-0.1, -0.05) is 18.2 Å². The Kier molecular flexibility index (Phi) is 2.73. The van der Waals surface area contributed by atoms with Crippen LogP contribution in [0, 0.1) is 25.7 Å². The minimum atomic E-state index is -1.07. The van der Waals surface area contributed by atoms with Gasteiger partial charge in [0, 0.05) is 0 Å². The Labute approximate surface area is 134 Å². The molecule has 2 fully saturated rings. The highest BCUT2D eigenvalue weighted by Gasteiger charge is 2.72. The molecule has 3 aliphatic rings. The first-order chi connectivity index (χ1) is 10.8. The first-order valence-electron chi connectivity index (χ1n) is 7.79. The van der Waals surface area contributed by atoms with Crippen LogP contribution in [0.5, 0.6) is 0 Å². The van der Waals surface area contributed by atoms with Crippen molar-refractivity contribution in [1.29, 1.82) is 0 Å². The van der Waals surface area contributed by atoms with Gasteiger partial charge in [-0.2, -0.15) is 0 Å². The Morgan fingerprint density at radius 3 is 2.48 bits per heavy atom. The topological polar surface area (TPSA) is 66.8 Å². The van der Waals surface area contributed by atoms with Gasteiger partial charge in [0.2, 0.25) is 11.8 Å². The number of rotatable bonds is 2. The largest absolute Gasteiger partial charge is 0.393 e. The summed E-state index contributed by atoms with van der Waals surface area (Å²) in [5, 5.41) is 9.79. The number of hydrogen-bond donors (Lipinski definition) is 1. The molecule has 0 spiro atoms. The van der Waals surface area contributed by atoms with Crippen LogP contribution in [-0.2, 0) is 14.3 Å². The molecule has 3 aliphatic heterocycles. The number of ether oxygens (including phenoxy) is 1. The van der Waals surface area contributed by atoms with Gasteiger partial charge in [0.1, 0.15) is 5.60 Å². The average molecular weight is 313 g/mol.